The molecular weight excluding hydrogens is 407 g/mol. The van der Waals surface area contributed by atoms with Crippen molar-refractivity contribution in [2.24, 2.45) is 0 Å². The Labute approximate surface area is 187 Å². The van der Waals surface area contributed by atoms with E-state index in [9.17, 15) is 14.0 Å². The molecule has 0 spiro atoms. The smallest absolute Gasteiger partial charge is 0.321 e. The fourth-order valence-corrected chi connectivity index (χ4v) is 4.48. The number of anilines is 1. The number of H-pyrrole nitrogens is 1. The molecule has 2 N–H and O–H groups in total. The van der Waals surface area contributed by atoms with Crippen LogP contribution in [0, 0.1) is 12.7 Å². The Bertz CT molecular complexity index is 1160. The molecule has 2 aromatic carbocycles. The number of nitrogens with zero attached hydrogens (tertiary/aromatic N) is 2. The van der Waals surface area contributed by atoms with E-state index >= 15 is 0 Å². The van der Waals surface area contributed by atoms with Gasteiger partial charge in [-0.1, -0.05) is 25.1 Å². The highest BCUT2D eigenvalue weighted by atomic mass is 19.1. The highest BCUT2D eigenvalue weighted by Gasteiger charge is 2.28. The Morgan fingerprint density at radius 1 is 1.25 bits per heavy atom. The highest BCUT2D eigenvalue weighted by molar-refractivity contribution is 5.89. The second kappa shape index (κ2) is 9.53. The average Bonchev–Trinajstić information content (AvgIpc) is 3.23. The number of amides is 2. The molecular formula is C25H29FN4O2. The van der Waals surface area contributed by atoms with Gasteiger partial charge in [-0.25, -0.2) is 9.18 Å². The lowest BCUT2D eigenvalue weighted by atomic mass is 10.1. The fraction of sp³-hybridized carbons (Fsp3) is 0.360. The van der Waals surface area contributed by atoms with E-state index in [4.69, 9.17) is 0 Å². The van der Waals surface area contributed by atoms with Gasteiger partial charge >= 0.3 is 6.03 Å². The third kappa shape index (κ3) is 4.83. The predicted molar refractivity (Wildman–Crippen MR) is 125 cm³/mol. The number of halogens is 1. The van der Waals surface area contributed by atoms with Crippen LogP contribution >= 0.6 is 0 Å². The van der Waals surface area contributed by atoms with E-state index in [1.54, 1.807) is 4.90 Å². The Kier molecular flexibility index (Phi) is 6.55. The molecule has 1 saturated heterocycles. The van der Waals surface area contributed by atoms with Gasteiger partial charge in [0.25, 0.3) is 5.56 Å². The number of benzene rings is 2. The molecule has 0 radical (unpaired) electrons. The van der Waals surface area contributed by atoms with Crippen LogP contribution in [-0.4, -0.2) is 46.5 Å². The average molecular weight is 437 g/mol. The fourth-order valence-electron chi connectivity index (χ4n) is 4.48. The molecule has 1 fully saturated rings. The molecule has 0 saturated carbocycles. The first kappa shape index (κ1) is 22.0. The maximum atomic E-state index is 13.3. The lowest BCUT2D eigenvalue weighted by Gasteiger charge is -2.30. The SMILES string of the molecule is CCN1CCC[C@H]1CN(Cc1cc2cccc(C)c2[nH]c1=O)C(=O)Nc1ccc(F)cc1. The zero-order chi connectivity index (χ0) is 22.7. The summed E-state index contributed by atoms with van der Waals surface area (Å²) in [5, 5.41) is 3.79. The van der Waals surface area contributed by atoms with Crippen LogP contribution in [0.5, 0.6) is 0 Å². The van der Waals surface area contributed by atoms with Crippen molar-refractivity contribution in [3.63, 3.8) is 0 Å². The van der Waals surface area contributed by atoms with E-state index in [1.807, 2.05) is 31.2 Å². The molecule has 0 bridgehead atoms. The summed E-state index contributed by atoms with van der Waals surface area (Å²) in [7, 11) is 0. The van der Waals surface area contributed by atoms with E-state index in [-0.39, 0.29) is 30.0 Å². The van der Waals surface area contributed by atoms with Crippen molar-refractivity contribution in [1.82, 2.24) is 14.8 Å². The van der Waals surface area contributed by atoms with Crippen LogP contribution in [-0.2, 0) is 6.54 Å². The number of carbonyl (C=O) groups is 1. The second-order valence-corrected chi connectivity index (χ2v) is 8.41. The zero-order valence-corrected chi connectivity index (χ0v) is 18.5. The van der Waals surface area contributed by atoms with Gasteiger partial charge in [0.1, 0.15) is 5.82 Å². The second-order valence-electron chi connectivity index (χ2n) is 8.41. The number of urea groups is 1. The molecule has 32 heavy (non-hydrogen) atoms. The van der Waals surface area contributed by atoms with Gasteiger partial charge in [-0.2, -0.15) is 0 Å². The number of carbonyl (C=O) groups excluding carboxylic acids is 1. The largest absolute Gasteiger partial charge is 0.322 e. The molecule has 168 valence electrons. The van der Waals surface area contributed by atoms with Gasteiger partial charge in [-0.15, -0.1) is 0 Å². The quantitative estimate of drug-likeness (QED) is 0.598. The number of aromatic nitrogens is 1. The van der Waals surface area contributed by atoms with Crippen molar-refractivity contribution in [3.8, 4) is 0 Å². The third-order valence-electron chi connectivity index (χ3n) is 6.25. The van der Waals surface area contributed by atoms with Crippen molar-refractivity contribution in [2.45, 2.75) is 39.3 Å². The number of fused-ring (bicyclic) bond motifs is 1. The minimum absolute atomic E-state index is 0.190. The number of pyridine rings is 1. The van der Waals surface area contributed by atoms with Crippen LogP contribution in [0.4, 0.5) is 14.9 Å². The lowest BCUT2D eigenvalue weighted by molar-refractivity contribution is 0.174. The zero-order valence-electron chi connectivity index (χ0n) is 18.5. The third-order valence-corrected chi connectivity index (χ3v) is 6.25. The summed E-state index contributed by atoms with van der Waals surface area (Å²) >= 11 is 0. The number of likely N-dealkylation sites (N-methyl/N-ethyl adjacent to an activating group) is 1. The van der Waals surface area contributed by atoms with Gasteiger partial charge in [0.2, 0.25) is 0 Å². The number of para-hydroxylation sites is 1. The number of likely N-dealkylation sites (tertiary alicyclic amines) is 1. The Morgan fingerprint density at radius 3 is 2.78 bits per heavy atom. The van der Waals surface area contributed by atoms with Crippen LogP contribution in [0.3, 0.4) is 0 Å². The van der Waals surface area contributed by atoms with Crippen molar-refractivity contribution < 1.29 is 9.18 Å². The van der Waals surface area contributed by atoms with E-state index in [0.29, 0.717) is 17.8 Å². The minimum atomic E-state index is -0.359. The molecule has 4 rings (SSSR count). The number of nitrogens with one attached hydrogen (secondary N) is 2. The summed E-state index contributed by atoms with van der Waals surface area (Å²) in [5.41, 5.74) is 2.69. The van der Waals surface area contributed by atoms with Crippen LogP contribution in [0.1, 0.15) is 30.9 Å². The molecule has 7 heteroatoms. The highest BCUT2D eigenvalue weighted by Crippen LogP contribution is 2.21. The van der Waals surface area contributed by atoms with Gasteiger partial charge in [-0.3, -0.25) is 9.69 Å². The summed E-state index contributed by atoms with van der Waals surface area (Å²) in [5.74, 6) is -0.359. The van der Waals surface area contributed by atoms with Gasteiger partial charge in [0, 0.05) is 23.8 Å². The Hall–Kier alpha value is -3.19. The number of rotatable bonds is 6. The molecule has 1 aromatic heterocycles. The summed E-state index contributed by atoms with van der Waals surface area (Å²) < 4.78 is 13.3. The van der Waals surface area contributed by atoms with Gasteiger partial charge < -0.3 is 15.2 Å². The molecule has 2 amide bonds. The standard InChI is InChI=1S/C25H29FN4O2/c1-3-29-13-5-8-22(29)16-30(25(32)27-21-11-9-20(26)10-12-21)15-19-14-18-7-4-6-17(2)23(18)28-24(19)31/h4,6-7,9-12,14,22H,3,5,8,13,15-16H2,1-2H3,(H,27,32)(H,28,31)/t22-/m0/s1. The van der Waals surface area contributed by atoms with Crippen LogP contribution < -0.4 is 10.9 Å². The van der Waals surface area contributed by atoms with Gasteiger partial charge in [-0.05, 0) is 74.1 Å². The topological polar surface area (TPSA) is 68.4 Å². The predicted octanol–water partition coefficient (Wildman–Crippen LogP) is 4.49. The van der Waals surface area contributed by atoms with Crippen molar-refractivity contribution in [1.29, 1.82) is 0 Å². The molecule has 0 aliphatic carbocycles. The Morgan fingerprint density at radius 2 is 2.03 bits per heavy atom. The first-order chi connectivity index (χ1) is 15.4. The maximum absolute atomic E-state index is 13.3. The van der Waals surface area contributed by atoms with E-state index in [0.717, 1.165) is 42.4 Å². The van der Waals surface area contributed by atoms with E-state index in [1.165, 1.54) is 24.3 Å². The minimum Gasteiger partial charge on any atom is -0.321 e. The molecule has 0 unspecified atom stereocenters. The normalized spacial score (nSPS) is 16.4. The van der Waals surface area contributed by atoms with Gasteiger partial charge in [0.15, 0.2) is 0 Å². The molecule has 3 aromatic rings. The summed E-state index contributed by atoms with van der Waals surface area (Å²) in [6.45, 7) is 6.74. The first-order valence-corrected chi connectivity index (χ1v) is 11.1. The molecule has 2 heterocycles. The van der Waals surface area contributed by atoms with Crippen molar-refractivity contribution in [2.75, 3.05) is 25.0 Å². The monoisotopic (exact) mass is 436 g/mol. The van der Waals surface area contributed by atoms with E-state index < -0.39 is 0 Å². The molecule has 1 aliphatic rings. The maximum Gasteiger partial charge on any atom is 0.322 e. The van der Waals surface area contributed by atoms with Crippen LogP contribution in [0.2, 0.25) is 0 Å². The number of hydrogen-bond donors (Lipinski definition) is 2. The Balaban J connectivity index is 1.61. The summed E-state index contributed by atoms with van der Waals surface area (Å²) in [6, 6.07) is 13.4. The summed E-state index contributed by atoms with van der Waals surface area (Å²) in [6.07, 6.45) is 2.11. The van der Waals surface area contributed by atoms with Crippen molar-refractivity contribution >= 4 is 22.6 Å². The molecule has 1 atom stereocenters. The van der Waals surface area contributed by atoms with Crippen molar-refractivity contribution in [3.05, 3.63) is 75.8 Å². The first-order valence-electron chi connectivity index (χ1n) is 11.1. The lowest BCUT2D eigenvalue weighted by Crippen LogP contribution is -2.45. The van der Waals surface area contributed by atoms with E-state index in [2.05, 4.69) is 22.1 Å². The number of aryl methyl sites for hydroxylation is 1. The molecule has 1 aliphatic heterocycles. The van der Waals surface area contributed by atoms with Crippen LogP contribution in [0.15, 0.2) is 53.3 Å². The number of hydrogen-bond acceptors (Lipinski definition) is 3. The summed E-state index contributed by atoms with van der Waals surface area (Å²) in [4.78, 5) is 33.1. The van der Waals surface area contributed by atoms with Crippen LogP contribution in [0.25, 0.3) is 10.9 Å². The number of aromatic amines is 1. The van der Waals surface area contributed by atoms with Gasteiger partial charge in [0.05, 0.1) is 12.1 Å². The molecule has 6 nitrogen and oxygen atoms in total.